The number of carbonyl (C=O) groups is 1. The van der Waals surface area contributed by atoms with Crippen molar-refractivity contribution in [3.63, 3.8) is 0 Å². The molecule has 2 rings (SSSR count). The van der Waals surface area contributed by atoms with E-state index in [4.69, 9.17) is 9.47 Å². The van der Waals surface area contributed by atoms with Crippen molar-refractivity contribution in [2.45, 2.75) is 13.3 Å². The van der Waals surface area contributed by atoms with Gasteiger partial charge < -0.3 is 14.8 Å². The Morgan fingerprint density at radius 1 is 1.09 bits per heavy atom. The molecule has 0 aliphatic carbocycles. The molecule has 0 aliphatic heterocycles. The molecule has 1 amide bonds. The number of hydrogen-bond donors (Lipinski definition) is 1. The van der Waals surface area contributed by atoms with Crippen molar-refractivity contribution in [2.75, 3.05) is 19.5 Å². The summed E-state index contributed by atoms with van der Waals surface area (Å²) in [5.41, 5.74) is 2.81. The maximum absolute atomic E-state index is 12.0. The monoisotopic (exact) mass is 311 g/mol. The highest BCUT2D eigenvalue weighted by atomic mass is 16.5. The Morgan fingerprint density at radius 3 is 2.39 bits per heavy atom. The molecular formula is C19H21NO3. The first kappa shape index (κ1) is 16.6. The number of carbonyl (C=O) groups excluding carboxylic acids is 1. The molecule has 0 spiro atoms. The van der Waals surface area contributed by atoms with Crippen LogP contribution < -0.4 is 14.8 Å². The van der Waals surface area contributed by atoms with Gasteiger partial charge in [-0.3, -0.25) is 4.79 Å². The largest absolute Gasteiger partial charge is 0.497 e. The third-order valence-electron chi connectivity index (χ3n) is 3.40. The molecule has 0 bridgehead atoms. The van der Waals surface area contributed by atoms with Crippen LogP contribution in [0.4, 0.5) is 5.69 Å². The van der Waals surface area contributed by atoms with Crippen LogP contribution in [0.5, 0.6) is 11.5 Å². The average Bonchev–Trinajstić information content (AvgIpc) is 2.59. The van der Waals surface area contributed by atoms with Crippen molar-refractivity contribution < 1.29 is 14.3 Å². The molecule has 0 saturated heterocycles. The highest BCUT2D eigenvalue weighted by molar-refractivity contribution is 6.02. The first-order valence-electron chi connectivity index (χ1n) is 7.45. The van der Waals surface area contributed by atoms with Crippen molar-refractivity contribution in [3.05, 3.63) is 59.7 Å². The van der Waals surface area contributed by atoms with Crippen molar-refractivity contribution >= 4 is 17.7 Å². The lowest BCUT2D eigenvalue weighted by molar-refractivity contribution is -0.111. The second-order valence-electron chi connectivity index (χ2n) is 5.02. The van der Waals surface area contributed by atoms with E-state index in [-0.39, 0.29) is 5.91 Å². The molecule has 0 unspecified atom stereocenters. The van der Waals surface area contributed by atoms with Crippen molar-refractivity contribution in [1.29, 1.82) is 0 Å². The summed E-state index contributed by atoms with van der Waals surface area (Å²) in [4.78, 5) is 12.0. The van der Waals surface area contributed by atoms with Crippen LogP contribution in [0.25, 0.3) is 6.08 Å². The molecule has 0 heterocycles. The quantitative estimate of drug-likeness (QED) is 0.823. The highest BCUT2D eigenvalue weighted by Crippen LogP contribution is 2.23. The smallest absolute Gasteiger partial charge is 0.248 e. The van der Waals surface area contributed by atoms with Crippen molar-refractivity contribution in [3.8, 4) is 11.5 Å². The average molecular weight is 311 g/mol. The van der Waals surface area contributed by atoms with E-state index in [2.05, 4.69) is 12.2 Å². The van der Waals surface area contributed by atoms with Crippen LogP contribution in [0.3, 0.4) is 0 Å². The minimum absolute atomic E-state index is 0.181. The minimum Gasteiger partial charge on any atom is -0.497 e. The SMILES string of the molecule is CCc1cccc(NC(=O)/C=C/c2cc(OC)cc(OC)c2)c1. The molecule has 2 aromatic carbocycles. The number of rotatable bonds is 6. The number of ether oxygens (including phenoxy) is 2. The van der Waals surface area contributed by atoms with E-state index in [9.17, 15) is 4.79 Å². The summed E-state index contributed by atoms with van der Waals surface area (Å²) in [5, 5.41) is 2.86. The Kier molecular flexibility index (Phi) is 5.80. The second-order valence-corrected chi connectivity index (χ2v) is 5.02. The van der Waals surface area contributed by atoms with Crippen molar-refractivity contribution in [2.24, 2.45) is 0 Å². The lowest BCUT2D eigenvalue weighted by atomic mass is 10.1. The van der Waals surface area contributed by atoms with Gasteiger partial charge in [0.1, 0.15) is 11.5 Å². The molecule has 120 valence electrons. The van der Waals surface area contributed by atoms with Crippen molar-refractivity contribution in [1.82, 2.24) is 0 Å². The topological polar surface area (TPSA) is 47.6 Å². The number of benzene rings is 2. The molecule has 2 aromatic rings. The third-order valence-corrected chi connectivity index (χ3v) is 3.40. The Bertz CT molecular complexity index is 685. The molecule has 0 aromatic heterocycles. The fourth-order valence-electron chi connectivity index (χ4n) is 2.15. The van der Waals surface area contributed by atoms with Gasteiger partial charge in [-0.2, -0.15) is 0 Å². The van der Waals surface area contributed by atoms with E-state index in [1.165, 1.54) is 11.6 Å². The predicted octanol–water partition coefficient (Wildman–Crippen LogP) is 3.92. The summed E-state index contributed by atoms with van der Waals surface area (Å²) in [6.45, 7) is 2.08. The fourth-order valence-corrected chi connectivity index (χ4v) is 2.15. The molecule has 1 N–H and O–H groups in total. The lowest BCUT2D eigenvalue weighted by Crippen LogP contribution is -2.07. The summed E-state index contributed by atoms with van der Waals surface area (Å²) in [5.74, 6) is 1.18. The van der Waals surface area contributed by atoms with Crippen LogP contribution >= 0.6 is 0 Å². The zero-order valence-electron chi connectivity index (χ0n) is 13.6. The van der Waals surface area contributed by atoms with E-state index in [1.54, 1.807) is 26.4 Å². The first-order valence-corrected chi connectivity index (χ1v) is 7.45. The maximum atomic E-state index is 12.0. The number of methoxy groups -OCH3 is 2. The van der Waals surface area contributed by atoms with E-state index >= 15 is 0 Å². The number of nitrogens with one attached hydrogen (secondary N) is 1. The van der Waals surface area contributed by atoms with E-state index in [0.717, 1.165) is 17.7 Å². The van der Waals surface area contributed by atoms with Gasteiger partial charge >= 0.3 is 0 Å². The Balaban J connectivity index is 2.08. The molecule has 0 atom stereocenters. The summed E-state index contributed by atoms with van der Waals surface area (Å²) in [7, 11) is 3.19. The summed E-state index contributed by atoms with van der Waals surface area (Å²) in [6.07, 6.45) is 4.15. The molecular weight excluding hydrogens is 290 g/mol. The van der Waals surface area contributed by atoms with Gasteiger partial charge in [-0.15, -0.1) is 0 Å². The van der Waals surface area contributed by atoms with Gasteiger partial charge in [0.2, 0.25) is 5.91 Å². The van der Waals surface area contributed by atoms with Gasteiger partial charge in [0, 0.05) is 17.8 Å². The number of aryl methyl sites for hydroxylation is 1. The van der Waals surface area contributed by atoms with Gasteiger partial charge in [0.25, 0.3) is 0 Å². The third kappa shape index (κ3) is 4.88. The van der Waals surface area contributed by atoms with Crippen LogP contribution in [0.2, 0.25) is 0 Å². The Labute approximate surface area is 136 Å². The van der Waals surface area contributed by atoms with E-state index in [0.29, 0.717) is 11.5 Å². The van der Waals surface area contributed by atoms with Gasteiger partial charge in [-0.1, -0.05) is 19.1 Å². The Hall–Kier alpha value is -2.75. The second kappa shape index (κ2) is 8.03. The zero-order valence-corrected chi connectivity index (χ0v) is 13.6. The standard InChI is InChI=1S/C19H21NO3/c1-4-14-6-5-7-16(10-14)20-19(21)9-8-15-11-17(22-2)13-18(12-15)23-3/h5-13H,4H2,1-3H3,(H,20,21)/b9-8+. The first-order chi connectivity index (χ1) is 11.1. The number of amides is 1. The van der Waals surface area contributed by atoms with Gasteiger partial charge in [-0.25, -0.2) is 0 Å². The summed E-state index contributed by atoms with van der Waals surface area (Å²) >= 11 is 0. The predicted molar refractivity (Wildman–Crippen MR) is 93.0 cm³/mol. The Morgan fingerprint density at radius 2 is 1.78 bits per heavy atom. The van der Waals surface area contributed by atoms with Crippen LogP contribution in [-0.4, -0.2) is 20.1 Å². The molecule has 0 saturated carbocycles. The number of anilines is 1. The summed E-state index contributed by atoms with van der Waals surface area (Å²) in [6, 6.07) is 13.3. The molecule has 0 radical (unpaired) electrons. The molecule has 0 fully saturated rings. The molecule has 4 heteroatoms. The van der Waals surface area contributed by atoms with Gasteiger partial charge in [0.15, 0.2) is 0 Å². The van der Waals surface area contributed by atoms with Crippen LogP contribution in [0, 0.1) is 0 Å². The molecule has 23 heavy (non-hydrogen) atoms. The highest BCUT2D eigenvalue weighted by Gasteiger charge is 2.02. The van der Waals surface area contributed by atoms with Crippen LogP contribution in [0.15, 0.2) is 48.5 Å². The van der Waals surface area contributed by atoms with Gasteiger partial charge in [0.05, 0.1) is 14.2 Å². The normalized spacial score (nSPS) is 10.6. The lowest BCUT2D eigenvalue weighted by Gasteiger charge is -2.06. The van der Waals surface area contributed by atoms with Crippen LogP contribution in [0.1, 0.15) is 18.1 Å². The fraction of sp³-hybridized carbons (Fsp3) is 0.211. The van der Waals surface area contributed by atoms with E-state index < -0.39 is 0 Å². The maximum Gasteiger partial charge on any atom is 0.248 e. The van der Waals surface area contributed by atoms with Gasteiger partial charge in [-0.05, 0) is 47.9 Å². The summed E-state index contributed by atoms with van der Waals surface area (Å²) < 4.78 is 10.4. The minimum atomic E-state index is -0.181. The molecule has 4 nitrogen and oxygen atoms in total. The molecule has 0 aliphatic rings. The number of hydrogen-bond acceptors (Lipinski definition) is 3. The zero-order chi connectivity index (χ0) is 16.7. The van der Waals surface area contributed by atoms with E-state index in [1.807, 2.05) is 36.4 Å². The van der Waals surface area contributed by atoms with Crippen LogP contribution in [-0.2, 0) is 11.2 Å².